The van der Waals surface area contributed by atoms with Gasteiger partial charge >= 0.3 is 18.1 Å². The van der Waals surface area contributed by atoms with E-state index < -0.39 is 47.0 Å². The van der Waals surface area contributed by atoms with Gasteiger partial charge in [0.05, 0.1) is 34.3 Å². The number of nitro groups is 1. The van der Waals surface area contributed by atoms with E-state index in [1.165, 1.54) is 26.2 Å². The van der Waals surface area contributed by atoms with E-state index in [0.29, 0.717) is 6.07 Å². The number of benzene rings is 2. The van der Waals surface area contributed by atoms with Crippen LogP contribution >= 0.6 is 11.6 Å². The van der Waals surface area contributed by atoms with Crippen molar-refractivity contribution in [2.75, 3.05) is 26.9 Å². The van der Waals surface area contributed by atoms with Gasteiger partial charge in [0.1, 0.15) is 17.2 Å². The predicted molar refractivity (Wildman–Crippen MR) is 126 cm³/mol. The quantitative estimate of drug-likeness (QED) is 0.153. The van der Waals surface area contributed by atoms with Gasteiger partial charge in [-0.25, -0.2) is 9.59 Å². The molecule has 2 aromatic rings. The molecule has 0 radical (unpaired) electrons. The molecule has 0 spiro atoms. The third kappa shape index (κ3) is 8.59. The Balaban J connectivity index is 2.28. The first-order valence-corrected chi connectivity index (χ1v) is 11.1. The van der Waals surface area contributed by atoms with Crippen LogP contribution in [0.1, 0.15) is 25.0 Å². The summed E-state index contributed by atoms with van der Waals surface area (Å²) in [5, 5.41) is 15.0. The number of hydrogen-bond donors (Lipinski definition) is 0. The van der Waals surface area contributed by atoms with Crippen molar-refractivity contribution in [3.05, 3.63) is 62.7 Å². The molecule has 1 unspecified atom stereocenters. The number of esters is 2. The molecule has 0 aromatic heterocycles. The van der Waals surface area contributed by atoms with Gasteiger partial charge in [0.25, 0.3) is 5.69 Å². The zero-order valence-electron chi connectivity index (χ0n) is 20.2. The van der Waals surface area contributed by atoms with Gasteiger partial charge in [-0.05, 0) is 44.2 Å². The number of hydrogen-bond acceptors (Lipinski definition) is 10. The average molecular weight is 563 g/mol. The number of halogens is 4. The van der Waals surface area contributed by atoms with Gasteiger partial charge in [-0.2, -0.15) is 13.2 Å². The number of ether oxygens (including phenoxy) is 4. The normalized spacial score (nSPS) is 12.4. The highest BCUT2D eigenvalue weighted by molar-refractivity contribution is 6.32. The van der Waals surface area contributed by atoms with Gasteiger partial charge in [0.15, 0.2) is 6.10 Å². The number of carbonyl (C=O) groups is 2. The molecule has 0 saturated carbocycles. The number of nitro benzene ring substituents is 1. The van der Waals surface area contributed by atoms with E-state index in [2.05, 4.69) is 5.16 Å². The number of alkyl halides is 3. The number of rotatable bonds is 12. The summed E-state index contributed by atoms with van der Waals surface area (Å²) in [4.78, 5) is 39.3. The molecule has 206 valence electrons. The lowest BCUT2D eigenvalue weighted by atomic mass is 10.1. The zero-order chi connectivity index (χ0) is 28.5. The van der Waals surface area contributed by atoms with Gasteiger partial charge in [-0.3, -0.25) is 10.1 Å². The van der Waals surface area contributed by atoms with Crippen molar-refractivity contribution in [2.24, 2.45) is 5.16 Å². The summed E-state index contributed by atoms with van der Waals surface area (Å²) in [7, 11) is 1.28. The molecule has 0 heterocycles. The molecular formula is C23H22ClF3N2O9. The van der Waals surface area contributed by atoms with Crippen LogP contribution in [0, 0.1) is 10.1 Å². The van der Waals surface area contributed by atoms with Gasteiger partial charge in [-0.1, -0.05) is 16.8 Å². The summed E-state index contributed by atoms with van der Waals surface area (Å²) in [6.07, 6.45) is -5.81. The monoisotopic (exact) mass is 562 g/mol. The van der Waals surface area contributed by atoms with Crippen LogP contribution in [0.4, 0.5) is 18.9 Å². The van der Waals surface area contributed by atoms with E-state index in [9.17, 15) is 32.9 Å². The molecule has 0 saturated heterocycles. The SMILES string of the molecule is CCOC(=O)C(C)OC(=O)CON=C(COC)c1cc(Oc2ccc(C(F)(F)F)cc2Cl)ccc1[N+](=O)[O-]. The predicted octanol–water partition coefficient (Wildman–Crippen LogP) is 4.92. The Kier molecular flexibility index (Phi) is 10.8. The molecule has 0 fully saturated rings. The standard InChI is InChI=1S/C23H22ClF3N2O9/c1-4-35-22(31)13(2)37-21(30)12-36-28-18(11-34-3)16-10-15(6-7-19(16)29(32)33)38-20-8-5-14(9-17(20)24)23(25,26)27/h5-10,13H,4,11-12H2,1-3H3. The van der Waals surface area contributed by atoms with E-state index in [4.69, 9.17) is 35.4 Å². The molecule has 0 aliphatic rings. The maximum absolute atomic E-state index is 12.9. The minimum atomic E-state index is -4.61. The summed E-state index contributed by atoms with van der Waals surface area (Å²) in [5.74, 6) is -1.89. The van der Waals surface area contributed by atoms with E-state index in [0.717, 1.165) is 18.2 Å². The maximum Gasteiger partial charge on any atom is 0.416 e. The first-order chi connectivity index (χ1) is 17.9. The first kappa shape index (κ1) is 30.3. The molecule has 1 atom stereocenters. The minimum Gasteiger partial charge on any atom is -0.463 e. The fraction of sp³-hybridized carbons (Fsp3) is 0.348. The van der Waals surface area contributed by atoms with Crippen molar-refractivity contribution >= 4 is 34.9 Å². The number of nitrogens with zero attached hydrogens (tertiary/aromatic N) is 2. The third-order valence-electron chi connectivity index (χ3n) is 4.53. The smallest absolute Gasteiger partial charge is 0.416 e. The second-order valence-electron chi connectivity index (χ2n) is 7.31. The first-order valence-electron chi connectivity index (χ1n) is 10.7. The lowest BCUT2D eigenvalue weighted by molar-refractivity contribution is -0.385. The summed E-state index contributed by atoms with van der Waals surface area (Å²) in [5.41, 5.74) is -1.69. The molecule has 0 aliphatic heterocycles. The van der Waals surface area contributed by atoms with Crippen molar-refractivity contribution < 1.29 is 51.5 Å². The third-order valence-corrected chi connectivity index (χ3v) is 4.82. The molecule has 0 aliphatic carbocycles. The Labute approximate surface area is 219 Å². The fourth-order valence-electron chi connectivity index (χ4n) is 2.85. The van der Waals surface area contributed by atoms with Crippen LogP contribution in [0.5, 0.6) is 11.5 Å². The van der Waals surface area contributed by atoms with Crippen molar-refractivity contribution in [3.63, 3.8) is 0 Å². The van der Waals surface area contributed by atoms with E-state index in [1.54, 1.807) is 6.92 Å². The molecule has 0 bridgehead atoms. The van der Waals surface area contributed by atoms with Crippen LogP contribution in [0.2, 0.25) is 5.02 Å². The minimum absolute atomic E-state index is 0.0290. The van der Waals surface area contributed by atoms with Crippen LogP contribution in [0.25, 0.3) is 0 Å². The molecular weight excluding hydrogens is 541 g/mol. The van der Waals surface area contributed by atoms with Crippen molar-refractivity contribution in [1.29, 1.82) is 0 Å². The summed E-state index contributed by atoms with van der Waals surface area (Å²) in [6, 6.07) is 5.90. The zero-order valence-corrected chi connectivity index (χ0v) is 21.0. The maximum atomic E-state index is 12.9. The highest BCUT2D eigenvalue weighted by Gasteiger charge is 2.31. The highest BCUT2D eigenvalue weighted by Crippen LogP contribution is 2.37. The molecule has 2 rings (SSSR count). The lowest BCUT2D eigenvalue weighted by Crippen LogP contribution is -2.28. The molecule has 0 amide bonds. The van der Waals surface area contributed by atoms with Crippen LogP contribution in [0.3, 0.4) is 0 Å². The topological polar surface area (TPSA) is 136 Å². The van der Waals surface area contributed by atoms with Gasteiger partial charge in [0, 0.05) is 13.2 Å². The Morgan fingerprint density at radius 1 is 1.16 bits per heavy atom. The fourth-order valence-corrected chi connectivity index (χ4v) is 3.07. The Morgan fingerprint density at radius 2 is 1.87 bits per heavy atom. The second kappa shape index (κ2) is 13.6. The second-order valence-corrected chi connectivity index (χ2v) is 7.72. The molecule has 11 nitrogen and oxygen atoms in total. The Bertz CT molecular complexity index is 1210. The Hall–Kier alpha value is -3.91. The van der Waals surface area contributed by atoms with Crippen LogP contribution in [0.15, 0.2) is 41.6 Å². The van der Waals surface area contributed by atoms with E-state index >= 15 is 0 Å². The molecule has 15 heteroatoms. The van der Waals surface area contributed by atoms with E-state index in [-0.39, 0.29) is 41.0 Å². The number of oxime groups is 1. The number of carbonyl (C=O) groups excluding carboxylic acids is 2. The molecule has 2 aromatic carbocycles. The number of methoxy groups -OCH3 is 1. The average Bonchev–Trinajstić information content (AvgIpc) is 2.84. The van der Waals surface area contributed by atoms with Gasteiger partial charge < -0.3 is 23.8 Å². The van der Waals surface area contributed by atoms with Gasteiger partial charge in [-0.15, -0.1) is 0 Å². The Morgan fingerprint density at radius 3 is 2.45 bits per heavy atom. The van der Waals surface area contributed by atoms with Crippen molar-refractivity contribution in [3.8, 4) is 11.5 Å². The van der Waals surface area contributed by atoms with E-state index in [1.807, 2.05) is 0 Å². The van der Waals surface area contributed by atoms with Crippen LogP contribution in [-0.2, 0) is 34.8 Å². The summed E-state index contributed by atoms with van der Waals surface area (Å²) >= 11 is 5.92. The lowest BCUT2D eigenvalue weighted by Gasteiger charge is -2.13. The van der Waals surface area contributed by atoms with Crippen molar-refractivity contribution in [1.82, 2.24) is 0 Å². The molecule has 38 heavy (non-hydrogen) atoms. The van der Waals surface area contributed by atoms with Crippen LogP contribution < -0.4 is 4.74 Å². The van der Waals surface area contributed by atoms with Crippen LogP contribution in [-0.4, -0.2) is 55.6 Å². The largest absolute Gasteiger partial charge is 0.463 e. The van der Waals surface area contributed by atoms with Crippen molar-refractivity contribution in [2.45, 2.75) is 26.1 Å². The highest BCUT2D eigenvalue weighted by atomic mass is 35.5. The van der Waals surface area contributed by atoms with Gasteiger partial charge in [0.2, 0.25) is 6.61 Å². The molecule has 0 N–H and O–H groups in total. The summed E-state index contributed by atoms with van der Waals surface area (Å²) in [6.45, 7) is 1.92. The summed E-state index contributed by atoms with van der Waals surface area (Å²) < 4.78 is 58.8.